The first kappa shape index (κ1) is 7.34. The highest BCUT2D eigenvalue weighted by molar-refractivity contribution is 5.01. The normalized spacial score (nSPS) is 17.6. The van der Waals surface area contributed by atoms with E-state index in [1.54, 1.807) is 6.92 Å². The topological polar surface area (TPSA) is 32.3 Å². The van der Waals surface area contributed by atoms with Crippen LogP contribution in [-0.4, -0.2) is 6.61 Å². The third-order valence-corrected chi connectivity index (χ3v) is 1.06. The molecule has 2 nitrogen and oxygen atoms in total. The van der Waals surface area contributed by atoms with Crippen molar-refractivity contribution in [3.8, 4) is 0 Å². The molecule has 0 N–H and O–H groups in total. The third-order valence-electron chi connectivity index (χ3n) is 1.06. The summed E-state index contributed by atoms with van der Waals surface area (Å²) in [6.45, 7) is 2.39. The van der Waals surface area contributed by atoms with Crippen molar-refractivity contribution in [1.29, 1.82) is 0 Å². The van der Waals surface area contributed by atoms with Gasteiger partial charge in [0.05, 0.1) is 5.95 Å². The van der Waals surface area contributed by atoms with Gasteiger partial charge in [0, 0.05) is 0 Å². The summed E-state index contributed by atoms with van der Waals surface area (Å²) in [6.07, 6.45) is 0.818. The van der Waals surface area contributed by atoms with Crippen molar-refractivity contribution < 1.29 is 9.84 Å². The van der Waals surface area contributed by atoms with E-state index >= 15 is 0 Å². The van der Waals surface area contributed by atoms with Crippen LogP contribution in [0.15, 0.2) is 11.5 Å². The molecule has 1 heterocycles. The molecule has 0 aliphatic carbocycles. The highest BCUT2D eigenvalue weighted by Gasteiger charge is 1.97. The first-order valence-corrected chi connectivity index (χ1v) is 2.30. The van der Waals surface area contributed by atoms with Gasteiger partial charge in [-0.1, -0.05) is 13.0 Å². The molecule has 0 fully saturated rings. The van der Waals surface area contributed by atoms with Crippen molar-refractivity contribution in [1.82, 2.24) is 0 Å². The van der Waals surface area contributed by atoms with Crippen molar-refractivity contribution in [3.05, 3.63) is 11.5 Å². The molecule has 0 spiro atoms. The molecule has 8 heavy (non-hydrogen) atoms. The van der Waals surface area contributed by atoms with Crippen LogP contribution in [0.1, 0.15) is 20.8 Å². The third kappa shape index (κ3) is 1.15. The van der Waals surface area contributed by atoms with Gasteiger partial charge in [0.25, 0.3) is 0 Å². The molecule has 0 saturated heterocycles. The number of rotatable bonds is 0. The van der Waals surface area contributed by atoms with E-state index in [0.717, 1.165) is 12.0 Å². The van der Waals surface area contributed by atoms with Crippen LogP contribution in [-0.2, 0) is 4.74 Å². The summed E-state index contributed by atoms with van der Waals surface area (Å²) < 4.78 is 4.59. The Hall–Kier alpha value is -0.660. The van der Waals surface area contributed by atoms with Gasteiger partial charge in [-0.25, -0.2) is 0 Å². The molecule has 1 rings (SSSR count). The molecule has 0 bridgehead atoms. The zero-order valence-electron chi connectivity index (χ0n) is 4.23. The van der Waals surface area contributed by atoms with Crippen molar-refractivity contribution in [2.45, 2.75) is 20.8 Å². The van der Waals surface area contributed by atoms with E-state index in [9.17, 15) is 5.11 Å². The minimum atomic E-state index is -0.125. The predicted octanol–water partition coefficient (Wildman–Crippen LogP) is 0.635. The molecule has 0 aromatic heterocycles. The summed E-state index contributed by atoms with van der Waals surface area (Å²) in [4.78, 5) is 0. The number of hydrogen-bond acceptors (Lipinski definition) is 2. The maximum absolute atomic E-state index is 10.3. The Morgan fingerprint density at radius 3 is 2.38 bits per heavy atom. The molecule has 2 heteroatoms. The highest BCUT2D eigenvalue weighted by Crippen LogP contribution is 2.11. The zero-order valence-corrected chi connectivity index (χ0v) is 4.23. The lowest BCUT2D eigenvalue weighted by atomic mass is 10.3. The van der Waals surface area contributed by atoms with Gasteiger partial charge < -0.3 is 9.84 Å². The second kappa shape index (κ2) is 2.60. The van der Waals surface area contributed by atoms with E-state index in [0.29, 0.717) is 6.61 Å². The van der Waals surface area contributed by atoms with Gasteiger partial charge in [-0.15, -0.1) is 0 Å². The molecule has 0 amide bonds. The van der Waals surface area contributed by atoms with Crippen molar-refractivity contribution in [2.24, 2.45) is 0 Å². The van der Waals surface area contributed by atoms with Gasteiger partial charge in [0.2, 0.25) is 0 Å². The molecule has 0 unspecified atom stereocenters. The SMILES string of the molecule is C.CC1=C([O-])OCC1. The fourth-order valence-electron chi connectivity index (χ4n) is 0.522. The van der Waals surface area contributed by atoms with Crippen LogP contribution >= 0.6 is 0 Å². The molecule has 1 aliphatic rings. The van der Waals surface area contributed by atoms with Gasteiger partial charge >= 0.3 is 0 Å². The molecule has 48 valence electrons. The quantitative estimate of drug-likeness (QED) is 0.464. The molecule has 0 radical (unpaired) electrons. The fraction of sp³-hybridized carbons (Fsp3) is 0.667. The second-order valence-electron chi connectivity index (χ2n) is 1.67. The predicted molar refractivity (Wildman–Crippen MR) is 30.0 cm³/mol. The molecular formula is C6H11O2-. The van der Waals surface area contributed by atoms with E-state index < -0.39 is 0 Å². The Morgan fingerprint density at radius 2 is 2.25 bits per heavy atom. The monoisotopic (exact) mass is 115 g/mol. The molecule has 1 aliphatic heterocycles. The van der Waals surface area contributed by atoms with Crippen molar-refractivity contribution in [2.75, 3.05) is 6.61 Å². The number of ether oxygens (including phenoxy) is 1. The molecule has 0 saturated carbocycles. The summed E-state index contributed by atoms with van der Waals surface area (Å²) in [5.74, 6) is -0.125. The largest absolute Gasteiger partial charge is 0.613 e. The second-order valence-corrected chi connectivity index (χ2v) is 1.67. The first-order chi connectivity index (χ1) is 3.30. The summed E-state index contributed by atoms with van der Waals surface area (Å²) in [5, 5.41) is 10.3. The minimum Gasteiger partial charge on any atom is -0.613 e. The maximum atomic E-state index is 10.3. The Bertz CT molecular complexity index is 93.1. The van der Waals surface area contributed by atoms with Gasteiger partial charge in [0.15, 0.2) is 0 Å². The smallest absolute Gasteiger partial charge is 0.0501 e. The van der Waals surface area contributed by atoms with Crippen molar-refractivity contribution in [3.63, 3.8) is 0 Å². The summed E-state index contributed by atoms with van der Waals surface area (Å²) in [5.41, 5.74) is 0.847. The molecule has 0 atom stereocenters. The summed E-state index contributed by atoms with van der Waals surface area (Å²) in [7, 11) is 0. The Labute approximate surface area is 49.8 Å². The Balaban J connectivity index is 0.000000490. The van der Waals surface area contributed by atoms with E-state index in [2.05, 4.69) is 4.74 Å². The number of hydrogen-bond donors (Lipinski definition) is 0. The van der Waals surface area contributed by atoms with Crippen LogP contribution in [0.2, 0.25) is 0 Å². The van der Waals surface area contributed by atoms with Crippen LogP contribution < -0.4 is 5.11 Å². The van der Waals surface area contributed by atoms with Crippen molar-refractivity contribution >= 4 is 0 Å². The van der Waals surface area contributed by atoms with Crippen LogP contribution in [0.3, 0.4) is 0 Å². The first-order valence-electron chi connectivity index (χ1n) is 2.30. The summed E-state index contributed by atoms with van der Waals surface area (Å²) in [6, 6.07) is 0. The van der Waals surface area contributed by atoms with E-state index in [4.69, 9.17) is 0 Å². The van der Waals surface area contributed by atoms with Gasteiger partial charge in [-0.2, -0.15) is 0 Å². The fourth-order valence-corrected chi connectivity index (χ4v) is 0.522. The molecular weight excluding hydrogens is 104 g/mol. The Kier molecular flexibility index (Phi) is 2.38. The van der Waals surface area contributed by atoms with Gasteiger partial charge in [-0.3, -0.25) is 0 Å². The lowest BCUT2D eigenvalue weighted by molar-refractivity contribution is -0.353. The standard InChI is InChI=1S/C5H8O2.CH4/c1-4-2-3-7-5(4)6;/h6H,2-3H2,1H3;1H4/p-1. The minimum absolute atomic E-state index is 0. The zero-order chi connectivity index (χ0) is 5.28. The maximum Gasteiger partial charge on any atom is 0.0501 e. The van der Waals surface area contributed by atoms with E-state index in [1.807, 2.05) is 0 Å². The van der Waals surface area contributed by atoms with E-state index in [1.165, 1.54) is 0 Å². The molecule has 0 aromatic carbocycles. The van der Waals surface area contributed by atoms with E-state index in [-0.39, 0.29) is 13.4 Å². The van der Waals surface area contributed by atoms with Gasteiger partial charge in [-0.05, 0) is 20.0 Å². The average Bonchev–Trinajstić information content (AvgIpc) is 1.91. The lowest BCUT2D eigenvalue weighted by Crippen LogP contribution is -2.03. The molecule has 0 aromatic rings. The van der Waals surface area contributed by atoms with Gasteiger partial charge in [0.1, 0.15) is 0 Å². The van der Waals surface area contributed by atoms with Crippen LogP contribution in [0.25, 0.3) is 0 Å². The summed E-state index contributed by atoms with van der Waals surface area (Å²) >= 11 is 0. The lowest BCUT2D eigenvalue weighted by Gasteiger charge is -2.04. The Morgan fingerprint density at radius 1 is 1.62 bits per heavy atom. The van der Waals surface area contributed by atoms with Crippen LogP contribution in [0.4, 0.5) is 0 Å². The highest BCUT2D eigenvalue weighted by atomic mass is 16.6. The van der Waals surface area contributed by atoms with Crippen LogP contribution in [0.5, 0.6) is 0 Å². The average molecular weight is 115 g/mol. The van der Waals surface area contributed by atoms with Crippen LogP contribution in [0, 0.1) is 0 Å².